The Morgan fingerprint density at radius 2 is 1.66 bits per heavy atom. The molecule has 0 unspecified atom stereocenters. The van der Waals surface area contributed by atoms with E-state index >= 15 is 0 Å². The van der Waals surface area contributed by atoms with Crippen molar-refractivity contribution in [2.45, 2.75) is 26.4 Å². The molecule has 0 bridgehead atoms. The number of Topliss-reactive ketones (excluding diaryl/α,β-unsaturated/α-hetero) is 1. The number of ketones is 1. The highest BCUT2D eigenvalue weighted by Crippen LogP contribution is 2.37. The Bertz CT molecular complexity index is 1510. The fraction of sp³-hybridized carbons (Fsp3) is 0.160. The number of carbonyl (C=O) groups excluding carboxylic acids is 1. The predicted molar refractivity (Wildman–Crippen MR) is 118 cm³/mol. The number of hydrogen-bond donors (Lipinski definition) is 1. The van der Waals surface area contributed by atoms with Crippen LogP contribution in [0.5, 0.6) is 0 Å². The van der Waals surface area contributed by atoms with E-state index in [0.717, 1.165) is 43.5 Å². The third-order valence-electron chi connectivity index (χ3n) is 5.18. The van der Waals surface area contributed by atoms with Gasteiger partial charge in [0.1, 0.15) is 28.6 Å². The fourth-order valence-corrected chi connectivity index (χ4v) is 3.43. The lowest BCUT2D eigenvalue weighted by molar-refractivity contribution is 0.0490. The van der Waals surface area contributed by atoms with Gasteiger partial charge in [0.15, 0.2) is 23.2 Å². The monoisotopic (exact) mass is 486 g/mol. The van der Waals surface area contributed by atoms with Crippen LogP contribution in [0.4, 0.5) is 17.6 Å². The summed E-state index contributed by atoms with van der Waals surface area (Å²) in [5.41, 5.74) is -3.53. The molecule has 180 valence electrons. The molecule has 4 rings (SSSR count). The highest BCUT2D eigenvalue weighted by Gasteiger charge is 2.28. The van der Waals surface area contributed by atoms with Crippen LogP contribution in [-0.4, -0.2) is 20.4 Å². The van der Waals surface area contributed by atoms with Crippen LogP contribution >= 0.6 is 0 Å². The van der Waals surface area contributed by atoms with Crippen molar-refractivity contribution in [1.29, 1.82) is 0 Å². The Kier molecular flexibility index (Phi) is 5.93. The van der Waals surface area contributed by atoms with Gasteiger partial charge in [0.2, 0.25) is 5.89 Å². The summed E-state index contributed by atoms with van der Waals surface area (Å²) in [5, 5.41) is 10.4. The molecule has 0 aliphatic rings. The van der Waals surface area contributed by atoms with Gasteiger partial charge >= 0.3 is 0 Å². The molecule has 0 fully saturated rings. The number of benzene rings is 2. The van der Waals surface area contributed by atoms with Crippen molar-refractivity contribution < 1.29 is 31.9 Å². The number of aromatic nitrogens is 2. The molecule has 35 heavy (non-hydrogen) atoms. The molecule has 0 saturated carbocycles. The first-order chi connectivity index (χ1) is 16.4. The highest BCUT2D eigenvalue weighted by molar-refractivity contribution is 5.94. The molecular weight excluding hydrogens is 468 g/mol. The largest absolute Gasteiger partial charge is 0.437 e. The third kappa shape index (κ3) is 4.52. The maximum atomic E-state index is 14.8. The molecule has 0 radical (unpaired) electrons. The van der Waals surface area contributed by atoms with Crippen LogP contribution in [0, 0.1) is 23.3 Å². The van der Waals surface area contributed by atoms with Gasteiger partial charge in [-0.05, 0) is 51.1 Å². The molecule has 0 amide bonds. The number of oxazole rings is 1. The zero-order valence-electron chi connectivity index (χ0n) is 18.7. The van der Waals surface area contributed by atoms with Gasteiger partial charge in [0, 0.05) is 29.5 Å². The number of hydrogen-bond acceptors (Lipinski definition) is 5. The van der Waals surface area contributed by atoms with E-state index in [9.17, 15) is 32.3 Å². The Morgan fingerprint density at radius 1 is 1.00 bits per heavy atom. The van der Waals surface area contributed by atoms with E-state index in [4.69, 9.17) is 4.42 Å². The van der Waals surface area contributed by atoms with Crippen molar-refractivity contribution >= 4 is 5.78 Å². The van der Waals surface area contributed by atoms with Crippen LogP contribution in [0.3, 0.4) is 0 Å². The van der Waals surface area contributed by atoms with Crippen LogP contribution in [0.1, 0.15) is 37.0 Å². The standard InChI is InChI=1S/C25H18F4N2O4/c1-12(32)14-8-18(28)22(19(29)9-14)31-11-13(4-7-20(31)33)21-23(35-24(30-21)25(2,3)34)16-6-5-15(26)10-17(16)27/h4-11,34H,1-3H3. The summed E-state index contributed by atoms with van der Waals surface area (Å²) in [6.45, 7) is 3.88. The molecule has 2 aromatic carbocycles. The molecule has 10 heteroatoms. The average Bonchev–Trinajstić information content (AvgIpc) is 3.20. The fourth-order valence-electron chi connectivity index (χ4n) is 3.43. The summed E-state index contributed by atoms with van der Waals surface area (Å²) in [6, 6.07) is 6.64. The van der Waals surface area contributed by atoms with Gasteiger partial charge in [0.25, 0.3) is 5.56 Å². The second-order valence-corrected chi connectivity index (χ2v) is 8.35. The van der Waals surface area contributed by atoms with Crippen LogP contribution in [0.25, 0.3) is 28.3 Å². The van der Waals surface area contributed by atoms with Crippen LogP contribution in [-0.2, 0) is 5.60 Å². The molecule has 2 aromatic heterocycles. The van der Waals surface area contributed by atoms with E-state index in [2.05, 4.69) is 4.98 Å². The lowest BCUT2D eigenvalue weighted by Gasteiger charge is -2.11. The Morgan fingerprint density at radius 3 is 2.23 bits per heavy atom. The normalized spacial score (nSPS) is 11.7. The average molecular weight is 486 g/mol. The first kappa shape index (κ1) is 24.1. The highest BCUT2D eigenvalue weighted by atomic mass is 19.1. The molecule has 0 aliphatic carbocycles. The van der Waals surface area contributed by atoms with Gasteiger partial charge < -0.3 is 9.52 Å². The summed E-state index contributed by atoms with van der Waals surface area (Å²) < 4.78 is 63.9. The van der Waals surface area contributed by atoms with E-state index in [0.29, 0.717) is 10.6 Å². The number of halogens is 4. The molecule has 6 nitrogen and oxygen atoms in total. The number of aliphatic hydroxyl groups is 1. The Balaban J connectivity index is 1.96. The van der Waals surface area contributed by atoms with Gasteiger partial charge in [-0.15, -0.1) is 0 Å². The molecule has 1 N–H and O–H groups in total. The molecule has 2 heterocycles. The molecule has 0 saturated heterocycles. The maximum Gasteiger partial charge on any atom is 0.255 e. The smallest absolute Gasteiger partial charge is 0.255 e. The van der Waals surface area contributed by atoms with Crippen LogP contribution in [0.15, 0.2) is 57.9 Å². The molecule has 0 spiro atoms. The second-order valence-electron chi connectivity index (χ2n) is 8.35. The number of pyridine rings is 1. The topological polar surface area (TPSA) is 85.3 Å². The Hall–Kier alpha value is -4.05. The molecular formula is C25H18F4N2O4. The van der Waals surface area contributed by atoms with Crippen molar-refractivity contribution in [2.75, 3.05) is 0 Å². The molecule has 0 atom stereocenters. The minimum Gasteiger partial charge on any atom is -0.437 e. The third-order valence-corrected chi connectivity index (χ3v) is 5.18. The van der Waals surface area contributed by atoms with Gasteiger partial charge in [-0.3, -0.25) is 14.2 Å². The first-order valence-corrected chi connectivity index (χ1v) is 10.3. The van der Waals surface area contributed by atoms with Crippen molar-refractivity contribution in [2.24, 2.45) is 0 Å². The van der Waals surface area contributed by atoms with E-state index in [1.165, 1.54) is 19.9 Å². The minimum absolute atomic E-state index is 0.0671. The SMILES string of the molecule is CC(=O)c1cc(F)c(-n2cc(-c3nc(C(C)(C)O)oc3-c3ccc(F)cc3F)ccc2=O)c(F)c1. The molecule has 0 aliphatic heterocycles. The van der Waals surface area contributed by atoms with E-state index in [1.807, 2.05) is 0 Å². The van der Waals surface area contributed by atoms with Gasteiger partial charge in [-0.1, -0.05) is 0 Å². The Labute approximate surface area is 196 Å². The van der Waals surface area contributed by atoms with Gasteiger partial charge in [0.05, 0.1) is 5.56 Å². The van der Waals surface area contributed by atoms with Crippen molar-refractivity contribution in [3.63, 3.8) is 0 Å². The summed E-state index contributed by atoms with van der Waals surface area (Å²) >= 11 is 0. The van der Waals surface area contributed by atoms with Crippen LogP contribution in [0.2, 0.25) is 0 Å². The summed E-state index contributed by atoms with van der Waals surface area (Å²) in [6.07, 6.45) is 1.06. The summed E-state index contributed by atoms with van der Waals surface area (Å²) in [7, 11) is 0. The lowest BCUT2D eigenvalue weighted by Crippen LogP contribution is -2.19. The van der Waals surface area contributed by atoms with Crippen molar-refractivity contribution in [1.82, 2.24) is 9.55 Å². The summed E-state index contributed by atoms with van der Waals surface area (Å²) in [4.78, 5) is 28.2. The van der Waals surface area contributed by atoms with E-state index in [1.54, 1.807) is 0 Å². The number of carbonyl (C=O) groups is 1. The van der Waals surface area contributed by atoms with Crippen molar-refractivity contribution in [3.05, 3.63) is 93.7 Å². The zero-order chi connectivity index (χ0) is 25.7. The maximum absolute atomic E-state index is 14.8. The summed E-state index contributed by atoms with van der Waals surface area (Å²) in [5.74, 6) is -5.10. The molecule has 4 aromatic rings. The van der Waals surface area contributed by atoms with Crippen LogP contribution < -0.4 is 5.56 Å². The van der Waals surface area contributed by atoms with Gasteiger partial charge in [-0.2, -0.15) is 0 Å². The number of nitrogens with zero attached hydrogens (tertiary/aromatic N) is 2. The van der Waals surface area contributed by atoms with Crippen molar-refractivity contribution in [3.8, 4) is 28.3 Å². The zero-order valence-corrected chi connectivity index (χ0v) is 18.7. The first-order valence-electron chi connectivity index (χ1n) is 10.3. The number of rotatable bonds is 5. The quantitative estimate of drug-likeness (QED) is 0.312. The lowest BCUT2D eigenvalue weighted by atomic mass is 10.1. The van der Waals surface area contributed by atoms with E-state index < -0.39 is 45.9 Å². The predicted octanol–water partition coefficient (Wildman–Crippen LogP) is 5.15. The minimum atomic E-state index is -1.60. The van der Waals surface area contributed by atoms with E-state index in [-0.39, 0.29) is 34.0 Å². The second kappa shape index (κ2) is 8.62. The van der Waals surface area contributed by atoms with Gasteiger partial charge in [-0.25, -0.2) is 22.5 Å².